The minimum atomic E-state index is -1.03. The van der Waals surface area contributed by atoms with Gasteiger partial charge in [0.25, 0.3) is 5.78 Å². The number of aryl methyl sites for hydroxylation is 1. The molecule has 220 valence electrons. The van der Waals surface area contributed by atoms with Gasteiger partial charge in [-0.3, -0.25) is 14.5 Å². The Bertz CT molecular complexity index is 1840. The summed E-state index contributed by atoms with van der Waals surface area (Å²) in [7, 11) is 0. The molecule has 1 unspecified atom stereocenters. The van der Waals surface area contributed by atoms with Crippen molar-refractivity contribution in [2.75, 3.05) is 4.90 Å². The van der Waals surface area contributed by atoms with E-state index in [9.17, 15) is 19.1 Å². The topological polar surface area (TPSA) is 92.6 Å². The van der Waals surface area contributed by atoms with E-state index in [1.165, 1.54) is 52.3 Å². The van der Waals surface area contributed by atoms with E-state index in [0.29, 0.717) is 33.6 Å². The van der Waals surface area contributed by atoms with Crippen LogP contribution in [0.1, 0.15) is 33.9 Å². The first-order valence-corrected chi connectivity index (χ1v) is 15.5. The number of hydrogen-bond acceptors (Lipinski definition) is 8. The number of aliphatic hydroxyl groups is 1. The molecule has 10 heteroatoms. The third-order valence-electron chi connectivity index (χ3n) is 7.05. The van der Waals surface area contributed by atoms with E-state index in [2.05, 4.69) is 10.2 Å². The number of nitrogens with zero attached hydrogens (tertiary/aromatic N) is 3. The minimum Gasteiger partial charge on any atom is -0.507 e. The lowest BCUT2D eigenvalue weighted by Gasteiger charge is -2.22. The number of benzene rings is 4. The summed E-state index contributed by atoms with van der Waals surface area (Å²) in [6.45, 7) is 2.38. The summed E-state index contributed by atoms with van der Waals surface area (Å²) in [5.41, 5.74) is 3.91. The minimum absolute atomic E-state index is 0.122. The lowest BCUT2D eigenvalue weighted by molar-refractivity contribution is -0.132. The molecule has 44 heavy (non-hydrogen) atoms. The second-order valence-electron chi connectivity index (χ2n) is 10.1. The van der Waals surface area contributed by atoms with Gasteiger partial charge in [-0.2, -0.15) is 0 Å². The number of Topliss-reactive ketones (excluding diaryl/α,β-unsaturated/α-hetero) is 1. The van der Waals surface area contributed by atoms with Gasteiger partial charge in [-0.05, 0) is 60.0 Å². The van der Waals surface area contributed by atoms with Crippen molar-refractivity contribution in [1.29, 1.82) is 0 Å². The van der Waals surface area contributed by atoms with Gasteiger partial charge < -0.3 is 9.84 Å². The number of aromatic nitrogens is 2. The number of thioether (sulfide) groups is 1. The molecule has 0 radical (unpaired) electrons. The lowest BCUT2D eigenvalue weighted by Crippen LogP contribution is -2.29. The fourth-order valence-corrected chi connectivity index (χ4v) is 6.72. The molecule has 1 aliphatic heterocycles. The van der Waals surface area contributed by atoms with Crippen LogP contribution in [0.4, 0.5) is 9.52 Å². The summed E-state index contributed by atoms with van der Waals surface area (Å²) in [6, 6.07) is 28.9. The van der Waals surface area contributed by atoms with E-state index in [-0.39, 0.29) is 16.5 Å². The number of ether oxygens (including phenoxy) is 1. The summed E-state index contributed by atoms with van der Waals surface area (Å²) >= 11 is 2.63. The zero-order valence-electron chi connectivity index (χ0n) is 23.5. The fourth-order valence-electron chi connectivity index (χ4n) is 4.90. The molecule has 7 nitrogen and oxygen atoms in total. The Kier molecular flexibility index (Phi) is 8.53. The van der Waals surface area contributed by atoms with Crippen molar-refractivity contribution in [3.63, 3.8) is 0 Å². The van der Waals surface area contributed by atoms with Crippen molar-refractivity contribution in [3.8, 4) is 5.75 Å². The van der Waals surface area contributed by atoms with Gasteiger partial charge in [0.2, 0.25) is 5.13 Å². The molecule has 0 aliphatic carbocycles. The van der Waals surface area contributed by atoms with Gasteiger partial charge in [-0.15, -0.1) is 10.2 Å². The van der Waals surface area contributed by atoms with Crippen molar-refractivity contribution in [3.05, 3.63) is 142 Å². The van der Waals surface area contributed by atoms with Gasteiger partial charge in [-0.25, -0.2) is 4.39 Å². The highest BCUT2D eigenvalue weighted by Crippen LogP contribution is 2.44. The van der Waals surface area contributed by atoms with E-state index < -0.39 is 23.5 Å². The third kappa shape index (κ3) is 6.27. The van der Waals surface area contributed by atoms with Crippen LogP contribution in [0.5, 0.6) is 5.75 Å². The van der Waals surface area contributed by atoms with Crippen LogP contribution in [0, 0.1) is 12.7 Å². The van der Waals surface area contributed by atoms with Crippen LogP contribution in [0.2, 0.25) is 0 Å². The number of carbonyl (C=O) groups excluding carboxylic acids is 2. The first-order chi connectivity index (χ1) is 21.4. The largest absolute Gasteiger partial charge is 0.507 e. The van der Waals surface area contributed by atoms with Crippen molar-refractivity contribution in [2.45, 2.75) is 29.7 Å². The number of rotatable bonds is 9. The summed E-state index contributed by atoms with van der Waals surface area (Å²) in [5, 5.41) is 20.1. The van der Waals surface area contributed by atoms with Crippen molar-refractivity contribution >= 4 is 45.7 Å². The maximum Gasteiger partial charge on any atom is 0.301 e. The molecule has 1 atom stereocenters. The molecule has 0 saturated carbocycles. The Morgan fingerprint density at radius 1 is 0.932 bits per heavy atom. The van der Waals surface area contributed by atoms with Crippen LogP contribution in [0.25, 0.3) is 5.76 Å². The smallest absolute Gasteiger partial charge is 0.301 e. The van der Waals surface area contributed by atoms with Gasteiger partial charge in [0.05, 0.1) is 11.6 Å². The van der Waals surface area contributed by atoms with E-state index in [0.717, 1.165) is 16.7 Å². The number of halogens is 1. The highest BCUT2D eigenvalue weighted by Gasteiger charge is 2.48. The number of carbonyl (C=O) groups is 2. The molecule has 5 aromatic rings. The summed E-state index contributed by atoms with van der Waals surface area (Å²) < 4.78 is 20.4. The average Bonchev–Trinajstić information content (AvgIpc) is 3.61. The molecule has 0 bridgehead atoms. The molecule has 0 spiro atoms. The van der Waals surface area contributed by atoms with Crippen LogP contribution in [-0.2, 0) is 21.9 Å². The number of aliphatic hydroxyl groups excluding tert-OH is 1. The van der Waals surface area contributed by atoms with Crippen LogP contribution < -0.4 is 9.64 Å². The Balaban J connectivity index is 1.30. The van der Waals surface area contributed by atoms with E-state index in [1.54, 1.807) is 24.3 Å². The fraction of sp³-hybridized carbons (Fsp3) is 0.118. The molecule has 2 heterocycles. The SMILES string of the molecule is Cc1cccc(COc2ccc(/C(O)=C3\C(=O)C(=O)N(c4nnc(SCc5ccccc5)s4)C3c3ccc(F)cc3)cc2)c1. The predicted molar refractivity (Wildman–Crippen MR) is 169 cm³/mol. The Morgan fingerprint density at radius 2 is 1.66 bits per heavy atom. The van der Waals surface area contributed by atoms with Crippen LogP contribution in [0.15, 0.2) is 113 Å². The highest BCUT2D eigenvalue weighted by molar-refractivity contribution is 8.00. The highest BCUT2D eigenvalue weighted by atomic mass is 32.2. The van der Waals surface area contributed by atoms with Crippen LogP contribution in [0.3, 0.4) is 0 Å². The molecule has 1 N–H and O–H groups in total. The molecule has 6 rings (SSSR count). The van der Waals surface area contributed by atoms with Crippen LogP contribution >= 0.6 is 23.1 Å². The molecule has 1 aliphatic rings. The molecule has 1 amide bonds. The molecular weight excluding hydrogens is 598 g/mol. The zero-order valence-corrected chi connectivity index (χ0v) is 25.1. The van der Waals surface area contributed by atoms with Crippen molar-refractivity contribution in [1.82, 2.24) is 10.2 Å². The summed E-state index contributed by atoms with van der Waals surface area (Å²) in [5.74, 6) is -1.32. The number of amides is 1. The maximum atomic E-state index is 13.9. The van der Waals surface area contributed by atoms with Crippen molar-refractivity contribution < 1.29 is 23.8 Å². The van der Waals surface area contributed by atoms with Gasteiger partial charge in [0, 0.05) is 11.3 Å². The van der Waals surface area contributed by atoms with Gasteiger partial charge >= 0.3 is 5.91 Å². The number of anilines is 1. The van der Waals surface area contributed by atoms with Crippen molar-refractivity contribution in [2.24, 2.45) is 0 Å². The third-order valence-corrected chi connectivity index (χ3v) is 9.18. The second kappa shape index (κ2) is 12.8. The number of ketones is 1. The molecule has 1 fully saturated rings. The number of hydrogen-bond donors (Lipinski definition) is 1. The monoisotopic (exact) mass is 623 g/mol. The summed E-state index contributed by atoms with van der Waals surface area (Å²) in [6.07, 6.45) is 0. The first kappa shape index (κ1) is 29.3. The van der Waals surface area contributed by atoms with E-state index in [4.69, 9.17) is 4.74 Å². The lowest BCUT2D eigenvalue weighted by atomic mass is 9.95. The van der Waals surface area contributed by atoms with E-state index >= 15 is 0 Å². The predicted octanol–water partition coefficient (Wildman–Crippen LogP) is 7.48. The first-order valence-electron chi connectivity index (χ1n) is 13.7. The summed E-state index contributed by atoms with van der Waals surface area (Å²) in [4.78, 5) is 28.2. The second-order valence-corrected chi connectivity index (χ2v) is 12.3. The standard InChI is InChI=1S/C34H26FN3O4S2/c1-21-6-5-9-23(18-21)19-42-27-16-12-25(13-17-27)30(39)28-29(24-10-14-26(35)15-11-24)38(32(41)31(28)40)33-36-37-34(44-33)43-20-22-7-3-2-4-8-22/h2-18,29,39H,19-20H2,1H3/b30-28+. The molecule has 1 saturated heterocycles. The van der Waals surface area contributed by atoms with Gasteiger partial charge in [-0.1, -0.05) is 95.4 Å². The average molecular weight is 624 g/mol. The Morgan fingerprint density at radius 3 is 2.39 bits per heavy atom. The maximum absolute atomic E-state index is 13.9. The normalized spacial score (nSPS) is 16.0. The van der Waals surface area contributed by atoms with Gasteiger partial charge in [0.15, 0.2) is 4.34 Å². The molecule has 1 aromatic heterocycles. The van der Waals surface area contributed by atoms with E-state index in [1.807, 2.05) is 61.5 Å². The van der Waals surface area contributed by atoms with Crippen LogP contribution in [-0.4, -0.2) is 27.0 Å². The Hall–Kier alpha value is -4.80. The zero-order chi connectivity index (χ0) is 30.6. The molecular formula is C34H26FN3O4S2. The molecule has 4 aromatic carbocycles. The Labute approximate surface area is 261 Å². The van der Waals surface area contributed by atoms with Gasteiger partial charge in [0.1, 0.15) is 23.9 Å². The quantitative estimate of drug-likeness (QED) is 0.0598.